The molecule has 1 aromatic heterocycles. The zero-order valence-electron chi connectivity index (χ0n) is 10.0. The fraction of sp³-hybridized carbons (Fsp3) is 0.385. The average Bonchev–Trinajstić information content (AvgIpc) is 3.08. The molecule has 0 bridgehead atoms. The van der Waals surface area contributed by atoms with Crippen molar-refractivity contribution in [3.63, 3.8) is 0 Å². The zero-order valence-corrected chi connectivity index (χ0v) is 10.0. The standard InChI is InChI=1S/C13H15N3O2/c1-2-5-10(6-3-1)17-9-12-15-16-13(18-12)11-7-4-8-14-11/h1-3,5-6,11,14H,4,7-9H2. The van der Waals surface area contributed by atoms with Crippen LogP contribution in [0.3, 0.4) is 0 Å². The number of ether oxygens (including phenoxy) is 1. The third-order valence-corrected chi connectivity index (χ3v) is 2.95. The molecule has 1 aliphatic heterocycles. The molecule has 1 atom stereocenters. The van der Waals surface area contributed by atoms with Gasteiger partial charge in [-0.05, 0) is 31.5 Å². The van der Waals surface area contributed by atoms with E-state index in [4.69, 9.17) is 9.15 Å². The lowest BCUT2D eigenvalue weighted by atomic mass is 10.2. The predicted molar refractivity (Wildman–Crippen MR) is 65.0 cm³/mol. The molecule has 1 aromatic carbocycles. The number of benzene rings is 1. The van der Waals surface area contributed by atoms with Gasteiger partial charge in [0.05, 0.1) is 6.04 Å². The largest absolute Gasteiger partial charge is 0.484 e. The van der Waals surface area contributed by atoms with Crippen molar-refractivity contribution < 1.29 is 9.15 Å². The van der Waals surface area contributed by atoms with Crippen LogP contribution in [0.1, 0.15) is 30.7 Å². The Morgan fingerprint density at radius 2 is 2.17 bits per heavy atom. The van der Waals surface area contributed by atoms with Crippen molar-refractivity contribution in [1.29, 1.82) is 0 Å². The second-order valence-electron chi connectivity index (χ2n) is 4.28. The smallest absolute Gasteiger partial charge is 0.253 e. The van der Waals surface area contributed by atoms with Crippen LogP contribution < -0.4 is 10.1 Å². The van der Waals surface area contributed by atoms with Crippen molar-refractivity contribution >= 4 is 0 Å². The number of para-hydroxylation sites is 1. The summed E-state index contributed by atoms with van der Waals surface area (Å²) < 4.78 is 11.1. The minimum absolute atomic E-state index is 0.211. The Hall–Kier alpha value is -1.88. The molecule has 1 unspecified atom stereocenters. The van der Waals surface area contributed by atoms with Gasteiger partial charge in [0.25, 0.3) is 5.89 Å². The molecule has 94 valence electrons. The minimum atomic E-state index is 0.211. The van der Waals surface area contributed by atoms with Crippen LogP contribution >= 0.6 is 0 Å². The first kappa shape index (κ1) is 11.2. The SMILES string of the molecule is c1ccc(OCc2nnc(C3CCCN3)o2)cc1. The van der Waals surface area contributed by atoms with Gasteiger partial charge in [-0.3, -0.25) is 0 Å². The van der Waals surface area contributed by atoms with E-state index in [0.717, 1.165) is 25.1 Å². The summed E-state index contributed by atoms with van der Waals surface area (Å²) in [6.45, 7) is 1.33. The summed E-state index contributed by atoms with van der Waals surface area (Å²) >= 11 is 0. The van der Waals surface area contributed by atoms with Gasteiger partial charge in [0.1, 0.15) is 5.75 Å². The molecule has 2 heterocycles. The molecule has 1 saturated heterocycles. The maximum absolute atomic E-state index is 5.58. The monoisotopic (exact) mass is 245 g/mol. The molecular formula is C13H15N3O2. The van der Waals surface area contributed by atoms with E-state index in [-0.39, 0.29) is 6.04 Å². The number of rotatable bonds is 4. The Morgan fingerprint density at radius 3 is 2.94 bits per heavy atom. The highest BCUT2D eigenvalue weighted by Crippen LogP contribution is 2.21. The summed E-state index contributed by atoms with van der Waals surface area (Å²) in [6, 6.07) is 9.81. The molecule has 5 heteroatoms. The van der Waals surface area contributed by atoms with E-state index in [1.54, 1.807) is 0 Å². The van der Waals surface area contributed by atoms with Gasteiger partial charge in [0, 0.05) is 0 Å². The molecule has 5 nitrogen and oxygen atoms in total. The first-order valence-corrected chi connectivity index (χ1v) is 6.15. The zero-order chi connectivity index (χ0) is 12.2. The van der Waals surface area contributed by atoms with E-state index in [2.05, 4.69) is 15.5 Å². The quantitative estimate of drug-likeness (QED) is 0.893. The number of nitrogens with one attached hydrogen (secondary N) is 1. The first-order valence-electron chi connectivity index (χ1n) is 6.15. The normalized spacial score (nSPS) is 19.0. The van der Waals surface area contributed by atoms with Crippen LogP contribution in [-0.2, 0) is 6.61 Å². The number of aromatic nitrogens is 2. The topological polar surface area (TPSA) is 60.2 Å². The molecule has 1 N–H and O–H groups in total. The van der Waals surface area contributed by atoms with Crippen LogP contribution in [0, 0.1) is 0 Å². The second-order valence-corrected chi connectivity index (χ2v) is 4.28. The maximum Gasteiger partial charge on any atom is 0.253 e. The third kappa shape index (κ3) is 2.51. The van der Waals surface area contributed by atoms with Crippen LogP contribution in [-0.4, -0.2) is 16.7 Å². The second kappa shape index (κ2) is 5.18. The fourth-order valence-corrected chi connectivity index (χ4v) is 2.02. The van der Waals surface area contributed by atoms with E-state index < -0.39 is 0 Å². The molecule has 0 radical (unpaired) electrons. The average molecular weight is 245 g/mol. The molecule has 0 spiro atoms. The highest BCUT2D eigenvalue weighted by molar-refractivity contribution is 5.20. The molecule has 1 fully saturated rings. The van der Waals surface area contributed by atoms with Crippen LogP contribution in [0.25, 0.3) is 0 Å². The molecule has 0 saturated carbocycles. The fourth-order valence-electron chi connectivity index (χ4n) is 2.02. The molecule has 18 heavy (non-hydrogen) atoms. The Labute approximate surface area is 105 Å². The van der Waals surface area contributed by atoms with Gasteiger partial charge in [0.15, 0.2) is 6.61 Å². The number of hydrogen-bond acceptors (Lipinski definition) is 5. The lowest BCUT2D eigenvalue weighted by Gasteiger charge is -2.03. The van der Waals surface area contributed by atoms with Crippen molar-refractivity contribution in [2.75, 3.05) is 6.54 Å². The Bertz CT molecular complexity index is 492. The van der Waals surface area contributed by atoms with Gasteiger partial charge in [-0.2, -0.15) is 0 Å². The molecule has 0 aliphatic carbocycles. The van der Waals surface area contributed by atoms with Crippen molar-refractivity contribution in [2.45, 2.75) is 25.5 Å². The van der Waals surface area contributed by atoms with Crippen LogP contribution in [0.2, 0.25) is 0 Å². The Balaban J connectivity index is 1.60. The van der Waals surface area contributed by atoms with Gasteiger partial charge in [-0.1, -0.05) is 18.2 Å². The molecule has 2 aromatic rings. The van der Waals surface area contributed by atoms with E-state index in [0.29, 0.717) is 18.4 Å². The van der Waals surface area contributed by atoms with E-state index in [9.17, 15) is 0 Å². The van der Waals surface area contributed by atoms with Gasteiger partial charge in [-0.15, -0.1) is 10.2 Å². The highest BCUT2D eigenvalue weighted by Gasteiger charge is 2.21. The van der Waals surface area contributed by atoms with Crippen LogP contribution in [0.4, 0.5) is 0 Å². The van der Waals surface area contributed by atoms with Crippen LogP contribution in [0.15, 0.2) is 34.7 Å². The molecular weight excluding hydrogens is 230 g/mol. The van der Waals surface area contributed by atoms with E-state index in [1.807, 2.05) is 30.3 Å². The maximum atomic E-state index is 5.58. The summed E-state index contributed by atoms with van der Waals surface area (Å²) in [5, 5.41) is 11.4. The minimum Gasteiger partial charge on any atom is -0.484 e. The van der Waals surface area contributed by atoms with Crippen molar-refractivity contribution in [3.05, 3.63) is 42.1 Å². The predicted octanol–water partition coefficient (Wildman–Crippen LogP) is 2.07. The summed E-state index contributed by atoms with van der Waals surface area (Å²) in [7, 11) is 0. The van der Waals surface area contributed by atoms with E-state index in [1.165, 1.54) is 0 Å². The van der Waals surface area contributed by atoms with Gasteiger partial charge < -0.3 is 14.5 Å². The molecule has 0 amide bonds. The third-order valence-electron chi connectivity index (χ3n) is 2.95. The Kier molecular flexibility index (Phi) is 3.23. The van der Waals surface area contributed by atoms with Crippen molar-refractivity contribution in [2.24, 2.45) is 0 Å². The lowest BCUT2D eigenvalue weighted by Crippen LogP contribution is -2.12. The van der Waals surface area contributed by atoms with E-state index >= 15 is 0 Å². The first-order chi connectivity index (χ1) is 8.92. The van der Waals surface area contributed by atoms with Crippen LogP contribution in [0.5, 0.6) is 5.75 Å². The van der Waals surface area contributed by atoms with Crippen molar-refractivity contribution in [3.8, 4) is 5.75 Å². The summed E-state index contributed by atoms with van der Waals surface area (Å²) in [5.41, 5.74) is 0. The lowest BCUT2D eigenvalue weighted by molar-refractivity contribution is 0.255. The number of nitrogens with zero attached hydrogens (tertiary/aromatic N) is 2. The van der Waals surface area contributed by atoms with Gasteiger partial charge in [-0.25, -0.2) is 0 Å². The van der Waals surface area contributed by atoms with Crippen molar-refractivity contribution in [1.82, 2.24) is 15.5 Å². The highest BCUT2D eigenvalue weighted by atomic mass is 16.5. The summed E-state index contributed by atoms with van der Waals surface area (Å²) in [4.78, 5) is 0. The van der Waals surface area contributed by atoms with Gasteiger partial charge >= 0.3 is 0 Å². The van der Waals surface area contributed by atoms with Gasteiger partial charge in [0.2, 0.25) is 5.89 Å². The molecule has 1 aliphatic rings. The molecule has 3 rings (SSSR count). The number of hydrogen-bond donors (Lipinski definition) is 1. The summed E-state index contributed by atoms with van der Waals surface area (Å²) in [6.07, 6.45) is 2.21. The Morgan fingerprint density at radius 1 is 1.28 bits per heavy atom. The summed E-state index contributed by atoms with van der Waals surface area (Å²) in [5.74, 6) is 1.98.